The maximum absolute atomic E-state index is 5.29. The molecule has 8 heavy (non-hydrogen) atoms. The smallest absolute Gasteiger partial charge is 0.202 e. The maximum atomic E-state index is 5.29. The van der Waals surface area contributed by atoms with E-state index in [0.29, 0.717) is 6.54 Å². The van der Waals surface area contributed by atoms with Crippen LogP contribution in [0.15, 0.2) is 10.2 Å². The van der Waals surface area contributed by atoms with Crippen LogP contribution in [0.3, 0.4) is 0 Å². The highest BCUT2D eigenvalue weighted by atomic mass is 35.5. The lowest BCUT2D eigenvalue weighted by molar-refractivity contribution is 0.590. The van der Waals surface area contributed by atoms with Gasteiger partial charge in [0.2, 0.25) is 5.66 Å². The molecule has 48 valence electrons. The van der Waals surface area contributed by atoms with Crippen LogP contribution in [0.4, 0.5) is 0 Å². The first kappa shape index (κ1) is 7.85. The summed E-state index contributed by atoms with van der Waals surface area (Å²) in [7, 11) is 0. The molecule has 1 aliphatic rings. The van der Waals surface area contributed by atoms with Gasteiger partial charge in [-0.3, -0.25) is 0 Å². The van der Waals surface area contributed by atoms with Crippen molar-refractivity contribution in [1.29, 1.82) is 0 Å². The van der Waals surface area contributed by atoms with Gasteiger partial charge in [0.15, 0.2) is 0 Å². The molecule has 0 spiro atoms. The zero-order valence-electron chi connectivity index (χ0n) is 4.79. The highest BCUT2D eigenvalue weighted by Gasteiger charge is 2.35. The molecule has 0 fully saturated rings. The van der Waals surface area contributed by atoms with E-state index < -0.39 is 0 Å². The Balaban J connectivity index is 0.000000490. The number of rotatable bonds is 2. The van der Waals surface area contributed by atoms with E-state index in [2.05, 4.69) is 10.2 Å². The van der Waals surface area contributed by atoms with Crippen LogP contribution < -0.4 is 5.73 Å². The van der Waals surface area contributed by atoms with Gasteiger partial charge in [-0.25, -0.2) is 0 Å². The molecule has 0 bridgehead atoms. The average Bonchev–Trinajstić information content (AvgIpc) is 2.46. The summed E-state index contributed by atoms with van der Waals surface area (Å²) in [6.45, 7) is 2.61. The SMILES string of the molecule is CCC1(CN)N=N1.Cl. The van der Waals surface area contributed by atoms with Gasteiger partial charge >= 0.3 is 0 Å². The molecule has 0 aromatic heterocycles. The lowest BCUT2D eigenvalue weighted by Crippen LogP contribution is -2.21. The van der Waals surface area contributed by atoms with E-state index in [9.17, 15) is 0 Å². The predicted molar refractivity (Wildman–Crippen MR) is 34.2 cm³/mol. The van der Waals surface area contributed by atoms with Crippen LogP contribution in [0.25, 0.3) is 0 Å². The number of nitrogens with two attached hydrogens (primary N) is 1. The van der Waals surface area contributed by atoms with Crippen LogP contribution in [0.1, 0.15) is 13.3 Å². The third-order valence-electron chi connectivity index (χ3n) is 1.28. The van der Waals surface area contributed by atoms with Crippen molar-refractivity contribution in [2.45, 2.75) is 19.0 Å². The molecular weight excluding hydrogens is 126 g/mol. The summed E-state index contributed by atoms with van der Waals surface area (Å²) in [5, 5.41) is 7.54. The summed E-state index contributed by atoms with van der Waals surface area (Å²) in [5.74, 6) is 0. The zero-order chi connectivity index (χ0) is 5.33. The average molecular weight is 136 g/mol. The Bertz CT molecular complexity index is 89.5. The van der Waals surface area contributed by atoms with Gasteiger partial charge in [-0.15, -0.1) is 12.4 Å². The lowest BCUT2D eigenvalue weighted by Gasteiger charge is -1.98. The quantitative estimate of drug-likeness (QED) is 0.602. The predicted octanol–water partition coefficient (Wildman–Crippen LogP) is 0.939. The van der Waals surface area contributed by atoms with E-state index in [0.717, 1.165) is 6.42 Å². The Morgan fingerprint density at radius 2 is 2.00 bits per heavy atom. The fourth-order valence-corrected chi connectivity index (χ4v) is 0.438. The monoisotopic (exact) mass is 135 g/mol. The Hall–Kier alpha value is -0.150. The summed E-state index contributed by atoms with van der Waals surface area (Å²) in [6, 6.07) is 0. The Labute approximate surface area is 54.8 Å². The molecule has 0 atom stereocenters. The Morgan fingerprint density at radius 3 is 2.00 bits per heavy atom. The number of nitrogens with zero attached hydrogens (tertiary/aromatic N) is 2. The van der Waals surface area contributed by atoms with Crippen molar-refractivity contribution >= 4 is 12.4 Å². The fourth-order valence-electron chi connectivity index (χ4n) is 0.438. The first-order chi connectivity index (χ1) is 3.33. The lowest BCUT2D eigenvalue weighted by atomic mass is 10.2. The zero-order valence-corrected chi connectivity index (χ0v) is 5.61. The molecule has 0 aromatic carbocycles. The highest BCUT2D eigenvalue weighted by Crippen LogP contribution is 2.29. The Kier molecular flexibility index (Phi) is 2.37. The summed E-state index contributed by atoms with van der Waals surface area (Å²) in [6.07, 6.45) is 0.948. The van der Waals surface area contributed by atoms with E-state index in [4.69, 9.17) is 5.73 Å². The summed E-state index contributed by atoms with van der Waals surface area (Å²) in [5.41, 5.74) is 5.15. The van der Waals surface area contributed by atoms with Gasteiger partial charge in [0.25, 0.3) is 0 Å². The molecular formula is C4H10ClN3. The van der Waals surface area contributed by atoms with Crippen LogP contribution in [0.2, 0.25) is 0 Å². The second-order valence-electron chi connectivity index (χ2n) is 1.74. The van der Waals surface area contributed by atoms with Crippen LogP contribution in [0, 0.1) is 0 Å². The summed E-state index contributed by atoms with van der Waals surface area (Å²) < 4.78 is 0. The van der Waals surface area contributed by atoms with Crippen LogP contribution in [-0.2, 0) is 0 Å². The van der Waals surface area contributed by atoms with Crippen LogP contribution in [0.5, 0.6) is 0 Å². The first-order valence-electron chi connectivity index (χ1n) is 2.47. The van der Waals surface area contributed by atoms with Gasteiger partial charge in [0.05, 0.1) is 0 Å². The van der Waals surface area contributed by atoms with E-state index in [1.54, 1.807) is 0 Å². The van der Waals surface area contributed by atoms with E-state index >= 15 is 0 Å². The third kappa shape index (κ3) is 1.17. The second kappa shape index (κ2) is 2.42. The molecule has 1 rings (SSSR count). The van der Waals surface area contributed by atoms with Gasteiger partial charge in [-0.2, -0.15) is 10.2 Å². The number of halogens is 1. The number of hydrogen-bond acceptors (Lipinski definition) is 3. The van der Waals surface area contributed by atoms with E-state index in [-0.39, 0.29) is 18.1 Å². The maximum Gasteiger partial charge on any atom is 0.202 e. The largest absolute Gasteiger partial charge is 0.326 e. The molecule has 0 aliphatic carbocycles. The number of hydrogen-bond donors (Lipinski definition) is 1. The molecule has 0 unspecified atom stereocenters. The minimum absolute atomic E-state index is 0. The topological polar surface area (TPSA) is 50.7 Å². The first-order valence-corrected chi connectivity index (χ1v) is 2.47. The fraction of sp³-hybridized carbons (Fsp3) is 1.00. The highest BCUT2D eigenvalue weighted by molar-refractivity contribution is 5.85. The van der Waals surface area contributed by atoms with Crippen molar-refractivity contribution < 1.29 is 0 Å². The van der Waals surface area contributed by atoms with Crippen molar-refractivity contribution in [1.82, 2.24) is 0 Å². The molecule has 3 nitrogen and oxygen atoms in total. The Morgan fingerprint density at radius 1 is 1.50 bits per heavy atom. The van der Waals surface area contributed by atoms with Crippen molar-refractivity contribution in [2.24, 2.45) is 16.0 Å². The van der Waals surface area contributed by atoms with Crippen LogP contribution in [-0.4, -0.2) is 12.2 Å². The molecule has 0 saturated heterocycles. The molecule has 1 heterocycles. The van der Waals surface area contributed by atoms with Gasteiger partial charge in [-0.05, 0) is 6.42 Å². The van der Waals surface area contributed by atoms with Gasteiger partial charge in [-0.1, -0.05) is 6.92 Å². The van der Waals surface area contributed by atoms with Gasteiger partial charge in [0.1, 0.15) is 0 Å². The summed E-state index contributed by atoms with van der Waals surface area (Å²) in [4.78, 5) is 0. The van der Waals surface area contributed by atoms with Crippen molar-refractivity contribution in [3.8, 4) is 0 Å². The molecule has 0 radical (unpaired) electrons. The van der Waals surface area contributed by atoms with E-state index in [1.807, 2.05) is 6.92 Å². The molecule has 0 amide bonds. The molecule has 4 heteroatoms. The second-order valence-corrected chi connectivity index (χ2v) is 1.74. The minimum atomic E-state index is -0.139. The third-order valence-corrected chi connectivity index (χ3v) is 1.28. The van der Waals surface area contributed by atoms with Gasteiger partial charge < -0.3 is 5.73 Å². The van der Waals surface area contributed by atoms with Crippen molar-refractivity contribution in [3.05, 3.63) is 0 Å². The van der Waals surface area contributed by atoms with Crippen molar-refractivity contribution in [3.63, 3.8) is 0 Å². The van der Waals surface area contributed by atoms with Gasteiger partial charge in [0, 0.05) is 6.54 Å². The standard InChI is InChI=1S/C4H9N3.ClH/c1-2-4(3-5)6-7-4;/h2-3,5H2,1H3;1H. The van der Waals surface area contributed by atoms with E-state index in [1.165, 1.54) is 0 Å². The minimum Gasteiger partial charge on any atom is -0.326 e. The molecule has 2 N–H and O–H groups in total. The summed E-state index contributed by atoms with van der Waals surface area (Å²) >= 11 is 0. The van der Waals surface area contributed by atoms with Crippen molar-refractivity contribution in [2.75, 3.05) is 6.54 Å². The molecule has 0 aromatic rings. The molecule has 0 saturated carbocycles. The molecule has 1 aliphatic heterocycles. The van der Waals surface area contributed by atoms with Crippen LogP contribution >= 0.6 is 12.4 Å². The normalized spacial score (nSPS) is 19.8.